The molecule has 0 radical (unpaired) electrons. The number of fused-ring (bicyclic) bond motifs is 1. The van der Waals surface area contributed by atoms with Crippen molar-refractivity contribution in [1.82, 2.24) is 15.0 Å². The predicted octanol–water partition coefficient (Wildman–Crippen LogP) is 5.79. The van der Waals surface area contributed by atoms with Gasteiger partial charge in [-0.3, -0.25) is 4.79 Å². The van der Waals surface area contributed by atoms with Gasteiger partial charge in [0.2, 0.25) is 11.8 Å². The molecule has 2 aromatic heterocycles. The maximum absolute atomic E-state index is 13.4. The molecule has 0 atom stereocenters. The van der Waals surface area contributed by atoms with Crippen LogP contribution >= 0.6 is 0 Å². The van der Waals surface area contributed by atoms with Crippen LogP contribution in [0.5, 0.6) is 11.6 Å². The summed E-state index contributed by atoms with van der Waals surface area (Å²) in [6.45, 7) is 3.79. The Morgan fingerprint density at radius 1 is 0.886 bits per heavy atom. The van der Waals surface area contributed by atoms with Crippen molar-refractivity contribution in [3.8, 4) is 33.9 Å². The van der Waals surface area contributed by atoms with Crippen molar-refractivity contribution in [2.75, 3.05) is 0 Å². The Balaban J connectivity index is 1.55. The van der Waals surface area contributed by atoms with Crippen molar-refractivity contribution in [2.24, 2.45) is 5.73 Å². The molecule has 1 amide bonds. The van der Waals surface area contributed by atoms with Gasteiger partial charge in [-0.05, 0) is 53.1 Å². The smallest absolute Gasteiger partial charge is 0.248 e. The predicted molar refractivity (Wildman–Crippen MR) is 133 cm³/mol. The van der Waals surface area contributed by atoms with Crippen LogP contribution in [0.2, 0.25) is 0 Å². The lowest BCUT2D eigenvalue weighted by atomic mass is 9.94. The number of hydrogen-bond acceptors (Lipinski definition) is 5. The topological polar surface area (TPSA) is 91.0 Å². The molecule has 0 aliphatic carbocycles. The van der Waals surface area contributed by atoms with Crippen LogP contribution in [-0.2, 0) is 4.79 Å². The molecule has 5 aromatic rings. The zero-order chi connectivity index (χ0) is 24.4. The molecule has 6 nitrogen and oxygen atoms in total. The summed E-state index contributed by atoms with van der Waals surface area (Å²) in [5, 5.41) is 0.846. The van der Waals surface area contributed by atoms with Gasteiger partial charge in [0, 0.05) is 46.6 Å². The third kappa shape index (κ3) is 4.60. The highest BCUT2D eigenvalue weighted by atomic mass is 19.1. The molecule has 7 heteroatoms. The molecule has 2 heterocycles. The number of rotatable bonds is 6. The monoisotopic (exact) mass is 462 g/mol. The number of nitrogens with zero attached hydrogens (tertiary/aromatic N) is 3. The number of primary amides is 1. The van der Waals surface area contributed by atoms with Crippen LogP contribution in [0.3, 0.4) is 0 Å². The molecule has 3 aromatic carbocycles. The lowest BCUT2D eigenvalue weighted by Crippen LogP contribution is -2.11. The van der Waals surface area contributed by atoms with Crippen LogP contribution in [-0.4, -0.2) is 20.9 Å². The second kappa shape index (κ2) is 9.15. The molecule has 0 spiro atoms. The molecule has 0 fully saturated rings. The number of carbonyl (C=O) groups is 1. The molecule has 0 aliphatic rings. The SMILES string of the molecule is C=C(C(N)=O)c1cccc(-c2cc(-c3ccc(Oc4cccc(F)c4)nc3)cc3cncnc23)c1. The maximum atomic E-state index is 13.4. The Labute approximate surface area is 200 Å². The number of amides is 1. The molecule has 0 saturated carbocycles. The molecule has 170 valence electrons. The average Bonchev–Trinajstić information content (AvgIpc) is 2.88. The van der Waals surface area contributed by atoms with E-state index in [-0.39, 0.29) is 11.4 Å². The lowest BCUT2D eigenvalue weighted by molar-refractivity contribution is -0.112. The van der Waals surface area contributed by atoms with E-state index in [1.165, 1.54) is 18.5 Å². The van der Waals surface area contributed by atoms with Crippen LogP contribution in [0, 0.1) is 5.82 Å². The quantitative estimate of drug-likeness (QED) is 0.323. The molecule has 0 bridgehead atoms. The van der Waals surface area contributed by atoms with Crippen molar-refractivity contribution in [1.29, 1.82) is 0 Å². The first-order valence-corrected chi connectivity index (χ1v) is 10.7. The summed E-state index contributed by atoms with van der Waals surface area (Å²) in [5.74, 6) is -0.239. The highest BCUT2D eigenvalue weighted by molar-refractivity contribution is 6.18. The van der Waals surface area contributed by atoms with Crippen LogP contribution in [0.25, 0.3) is 38.7 Å². The van der Waals surface area contributed by atoms with Crippen molar-refractivity contribution in [3.63, 3.8) is 0 Å². The van der Waals surface area contributed by atoms with E-state index in [4.69, 9.17) is 10.5 Å². The number of halogens is 1. The number of carbonyl (C=O) groups excluding carboxylic acids is 1. The molecular weight excluding hydrogens is 443 g/mol. The van der Waals surface area contributed by atoms with Crippen LogP contribution in [0.1, 0.15) is 5.56 Å². The normalized spacial score (nSPS) is 10.8. The summed E-state index contributed by atoms with van der Waals surface area (Å²) in [6, 6.07) is 20.9. The zero-order valence-electron chi connectivity index (χ0n) is 18.5. The fourth-order valence-corrected chi connectivity index (χ4v) is 3.77. The summed E-state index contributed by atoms with van der Waals surface area (Å²) in [6.07, 6.45) is 4.93. The largest absolute Gasteiger partial charge is 0.439 e. The Morgan fingerprint density at radius 3 is 2.51 bits per heavy atom. The van der Waals surface area contributed by atoms with Crippen molar-refractivity contribution < 1.29 is 13.9 Å². The summed E-state index contributed by atoms with van der Waals surface area (Å²) in [5.41, 5.74) is 10.5. The minimum atomic E-state index is -0.574. The molecule has 35 heavy (non-hydrogen) atoms. The summed E-state index contributed by atoms with van der Waals surface area (Å²) in [4.78, 5) is 24.7. The number of hydrogen-bond donors (Lipinski definition) is 1. The maximum Gasteiger partial charge on any atom is 0.248 e. The van der Waals surface area contributed by atoms with Crippen LogP contribution < -0.4 is 10.5 Å². The van der Waals surface area contributed by atoms with Crippen molar-refractivity contribution in [2.45, 2.75) is 0 Å². The van der Waals surface area contributed by atoms with Crippen molar-refractivity contribution >= 4 is 22.4 Å². The summed E-state index contributed by atoms with van der Waals surface area (Å²) >= 11 is 0. The first-order chi connectivity index (χ1) is 17.0. The van der Waals surface area contributed by atoms with Crippen LogP contribution in [0.15, 0.2) is 98.1 Å². The van der Waals surface area contributed by atoms with Gasteiger partial charge in [-0.2, -0.15) is 0 Å². The molecule has 5 rings (SSSR count). The minimum Gasteiger partial charge on any atom is -0.439 e. The number of aromatic nitrogens is 3. The average molecular weight is 462 g/mol. The van der Waals surface area contributed by atoms with Gasteiger partial charge in [-0.1, -0.05) is 30.8 Å². The number of benzene rings is 3. The highest BCUT2D eigenvalue weighted by Crippen LogP contribution is 2.34. The van der Waals surface area contributed by atoms with Gasteiger partial charge in [0.25, 0.3) is 0 Å². The molecule has 0 saturated heterocycles. The Morgan fingerprint density at radius 2 is 1.74 bits per heavy atom. The molecular formula is C28H19FN4O2. The zero-order valence-corrected chi connectivity index (χ0v) is 18.5. The van der Waals surface area contributed by atoms with E-state index < -0.39 is 5.91 Å². The van der Waals surface area contributed by atoms with Crippen molar-refractivity contribution in [3.05, 3.63) is 109 Å². The van der Waals surface area contributed by atoms with Gasteiger partial charge in [0.15, 0.2) is 0 Å². The second-order valence-corrected chi connectivity index (χ2v) is 7.85. The Hall–Kier alpha value is -4.91. The lowest BCUT2D eigenvalue weighted by Gasteiger charge is -2.12. The molecule has 0 aliphatic heterocycles. The van der Waals surface area contributed by atoms with E-state index in [2.05, 4.69) is 21.5 Å². The first-order valence-electron chi connectivity index (χ1n) is 10.7. The Bertz CT molecular complexity index is 1580. The van der Waals surface area contributed by atoms with Gasteiger partial charge in [0.05, 0.1) is 5.52 Å². The highest BCUT2D eigenvalue weighted by Gasteiger charge is 2.12. The third-order valence-electron chi connectivity index (χ3n) is 5.51. The molecule has 0 unspecified atom stereocenters. The number of pyridine rings is 1. The van der Waals surface area contributed by atoms with E-state index in [1.807, 2.05) is 36.4 Å². The van der Waals surface area contributed by atoms with Gasteiger partial charge in [-0.15, -0.1) is 0 Å². The first kappa shape index (κ1) is 21.9. The van der Waals surface area contributed by atoms with E-state index in [0.717, 1.165) is 33.2 Å². The number of ether oxygens (including phenoxy) is 1. The minimum absolute atomic E-state index is 0.236. The van der Waals surface area contributed by atoms with E-state index in [9.17, 15) is 9.18 Å². The van der Waals surface area contributed by atoms with Gasteiger partial charge in [-0.25, -0.2) is 19.3 Å². The fraction of sp³-hybridized carbons (Fsp3) is 0. The van der Waals surface area contributed by atoms with Crippen LogP contribution in [0.4, 0.5) is 4.39 Å². The standard InChI is InChI=1S/C28H19FN4O2/c1-17(28(30)34)18-4-2-5-19(10-18)25-12-21(11-22-14-31-16-33-27(22)25)20-8-9-26(32-15-20)35-24-7-3-6-23(29)13-24/h2-16H,1H2,(H2,30,34). The van der Waals surface area contributed by atoms with Gasteiger partial charge in [0.1, 0.15) is 17.9 Å². The van der Waals surface area contributed by atoms with E-state index in [1.54, 1.807) is 36.7 Å². The van der Waals surface area contributed by atoms with E-state index >= 15 is 0 Å². The summed E-state index contributed by atoms with van der Waals surface area (Å²) < 4.78 is 19.1. The second-order valence-electron chi connectivity index (χ2n) is 7.85. The summed E-state index contributed by atoms with van der Waals surface area (Å²) in [7, 11) is 0. The van der Waals surface area contributed by atoms with Gasteiger partial charge < -0.3 is 10.5 Å². The molecule has 2 N–H and O–H groups in total. The number of nitrogens with two attached hydrogens (primary N) is 1. The van der Waals surface area contributed by atoms with E-state index in [0.29, 0.717) is 17.2 Å². The Kier molecular flexibility index (Phi) is 5.73. The van der Waals surface area contributed by atoms with Gasteiger partial charge >= 0.3 is 0 Å². The third-order valence-corrected chi connectivity index (χ3v) is 5.51. The fourth-order valence-electron chi connectivity index (χ4n) is 3.77.